The van der Waals surface area contributed by atoms with Crippen molar-refractivity contribution in [2.45, 2.75) is 33.1 Å². The molecule has 0 aliphatic carbocycles. The molecular formula is C20H22N2O2S. The molecule has 0 saturated heterocycles. The van der Waals surface area contributed by atoms with Crippen LogP contribution in [0.4, 0.5) is 5.00 Å². The Balaban J connectivity index is 2.27. The second-order valence-electron chi connectivity index (χ2n) is 6.90. The summed E-state index contributed by atoms with van der Waals surface area (Å²) >= 11 is 1.47. The van der Waals surface area contributed by atoms with Gasteiger partial charge in [0, 0.05) is 11.9 Å². The zero-order valence-corrected chi connectivity index (χ0v) is 15.9. The summed E-state index contributed by atoms with van der Waals surface area (Å²) in [6, 6.07) is 14.0. The average Bonchev–Trinajstić information content (AvgIpc) is 3.03. The number of anilines is 1. The molecule has 1 heterocycles. The van der Waals surface area contributed by atoms with Crippen LogP contribution in [0, 0.1) is 11.3 Å². The molecule has 130 valence electrons. The molecule has 0 radical (unpaired) electrons. The minimum absolute atomic E-state index is 0.105. The quantitative estimate of drug-likeness (QED) is 0.477. The number of rotatable bonds is 3. The van der Waals surface area contributed by atoms with E-state index < -0.39 is 5.91 Å². The molecule has 1 aromatic heterocycles. The van der Waals surface area contributed by atoms with Crippen molar-refractivity contribution >= 4 is 22.2 Å². The molecule has 1 aromatic carbocycles. The molecule has 0 aliphatic heterocycles. The number of carbonyl (C=O) groups excluding carboxylic acids is 1. The number of benzene rings is 1. The summed E-state index contributed by atoms with van der Waals surface area (Å²) in [7, 11) is 1.60. The first-order chi connectivity index (χ1) is 11.6. The maximum atomic E-state index is 12.3. The van der Waals surface area contributed by atoms with Gasteiger partial charge in [0.2, 0.25) is 0 Å². The fourth-order valence-corrected chi connectivity index (χ4v) is 3.32. The average molecular weight is 354 g/mol. The standard InChI is InChI=1S/C20H22N2O2S/c1-13(23)16(12-21)19(24)22(5)18-11-10-17(25-18)14-6-8-15(9-7-14)20(2,3)4/h6-11,23H,1-5H3/b16-13-. The van der Waals surface area contributed by atoms with Gasteiger partial charge in [-0.3, -0.25) is 4.79 Å². The molecular weight excluding hydrogens is 332 g/mol. The molecule has 0 atom stereocenters. The lowest BCUT2D eigenvalue weighted by molar-refractivity contribution is -0.114. The lowest BCUT2D eigenvalue weighted by Gasteiger charge is -2.19. The predicted molar refractivity (Wildman–Crippen MR) is 103 cm³/mol. The zero-order chi connectivity index (χ0) is 18.8. The first-order valence-electron chi connectivity index (χ1n) is 7.94. The van der Waals surface area contributed by atoms with E-state index in [1.54, 1.807) is 13.1 Å². The Morgan fingerprint density at radius 1 is 1.16 bits per heavy atom. The van der Waals surface area contributed by atoms with Crippen molar-refractivity contribution in [3.8, 4) is 16.5 Å². The summed E-state index contributed by atoms with van der Waals surface area (Å²) in [5.41, 5.74) is 2.21. The number of hydrogen-bond acceptors (Lipinski definition) is 4. The molecule has 5 heteroatoms. The minimum atomic E-state index is -0.515. The number of hydrogen-bond donors (Lipinski definition) is 1. The first-order valence-corrected chi connectivity index (χ1v) is 8.75. The molecule has 0 aliphatic rings. The third-order valence-electron chi connectivity index (χ3n) is 3.95. The molecule has 0 fully saturated rings. The van der Waals surface area contributed by atoms with Crippen LogP contribution in [-0.2, 0) is 10.2 Å². The van der Waals surface area contributed by atoms with Crippen LogP contribution in [0.3, 0.4) is 0 Å². The van der Waals surface area contributed by atoms with Crippen LogP contribution in [0.15, 0.2) is 47.7 Å². The van der Waals surface area contributed by atoms with Gasteiger partial charge in [-0.25, -0.2) is 0 Å². The van der Waals surface area contributed by atoms with Crippen LogP contribution in [0.2, 0.25) is 0 Å². The normalized spacial score (nSPS) is 12.3. The minimum Gasteiger partial charge on any atom is -0.511 e. The topological polar surface area (TPSA) is 64.3 Å². The Morgan fingerprint density at radius 3 is 2.24 bits per heavy atom. The van der Waals surface area contributed by atoms with Gasteiger partial charge < -0.3 is 10.0 Å². The Kier molecular flexibility index (Phi) is 5.34. The first kappa shape index (κ1) is 18.8. The van der Waals surface area contributed by atoms with Crippen LogP contribution in [0.1, 0.15) is 33.3 Å². The molecule has 2 aromatic rings. The number of amides is 1. The second kappa shape index (κ2) is 7.12. The molecule has 0 spiro atoms. The largest absolute Gasteiger partial charge is 0.511 e. The Labute approximate surface area is 152 Å². The van der Waals surface area contributed by atoms with Crippen molar-refractivity contribution in [2.24, 2.45) is 0 Å². The summed E-state index contributed by atoms with van der Waals surface area (Å²) < 4.78 is 0. The molecule has 4 nitrogen and oxygen atoms in total. The van der Waals surface area contributed by atoms with E-state index in [-0.39, 0.29) is 16.7 Å². The van der Waals surface area contributed by atoms with Gasteiger partial charge in [0.05, 0.1) is 5.00 Å². The molecule has 0 unspecified atom stereocenters. The number of likely N-dealkylation sites (N-methyl/N-ethyl adjacent to an activating group) is 1. The number of aliphatic hydroxyl groups is 1. The van der Waals surface area contributed by atoms with Crippen molar-refractivity contribution in [2.75, 3.05) is 11.9 Å². The molecule has 1 N–H and O–H groups in total. The number of aliphatic hydroxyl groups excluding tert-OH is 1. The van der Waals surface area contributed by atoms with Gasteiger partial charge >= 0.3 is 0 Å². The highest BCUT2D eigenvalue weighted by Crippen LogP contribution is 2.34. The van der Waals surface area contributed by atoms with Gasteiger partial charge in [-0.1, -0.05) is 45.0 Å². The molecule has 1 amide bonds. The predicted octanol–water partition coefficient (Wildman–Crippen LogP) is 5.03. The highest BCUT2D eigenvalue weighted by molar-refractivity contribution is 7.19. The van der Waals surface area contributed by atoms with E-state index in [1.165, 1.54) is 28.7 Å². The van der Waals surface area contributed by atoms with E-state index in [9.17, 15) is 9.90 Å². The van der Waals surface area contributed by atoms with Crippen molar-refractivity contribution in [3.63, 3.8) is 0 Å². The Hall–Kier alpha value is -2.58. The van der Waals surface area contributed by atoms with E-state index in [4.69, 9.17) is 5.26 Å². The van der Waals surface area contributed by atoms with Gasteiger partial charge in [-0.2, -0.15) is 5.26 Å². The zero-order valence-electron chi connectivity index (χ0n) is 15.1. The smallest absolute Gasteiger partial charge is 0.272 e. The number of thiophene rings is 1. The third-order valence-corrected chi connectivity index (χ3v) is 5.16. The van der Waals surface area contributed by atoms with E-state index in [1.807, 2.05) is 12.1 Å². The lowest BCUT2D eigenvalue weighted by Crippen LogP contribution is -2.27. The number of carbonyl (C=O) groups is 1. The van der Waals surface area contributed by atoms with Crippen LogP contribution < -0.4 is 4.90 Å². The van der Waals surface area contributed by atoms with Gasteiger partial charge in [-0.05, 0) is 35.6 Å². The summed E-state index contributed by atoms with van der Waals surface area (Å²) in [4.78, 5) is 14.7. The molecule has 0 saturated carbocycles. The van der Waals surface area contributed by atoms with E-state index in [0.29, 0.717) is 5.00 Å². The maximum absolute atomic E-state index is 12.3. The summed E-state index contributed by atoms with van der Waals surface area (Å²) in [6.45, 7) is 7.86. The molecule has 25 heavy (non-hydrogen) atoms. The third kappa shape index (κ3) is 4.09. The second-order valence-corrected chi connectivity index (χ2v) is 7.96. The summed E-state index contributed by atoms with van der Waals surface area (Å²) in [5, 5.41) is 19.2. The maximum Gasteiger partial charge on any atom is 0.272 e. The van der Waals surface area contributed by atoms with Crippen molar-refractivity contribution in [1.82, 2.24) is 0 Å². The SMILES string of the molecule is C/C(O)=C(\C#N)C(=O)N(C)c1ccc(-c2ccc(C(C)(C)C)cc2)s1. The fraction of sp³-hybridized carbons (Fsp3) is 0.300. The van der Waals surface area contributed by atoms with Crippen LogP contribution >= 0.6 is 11.3 Å². The lowest BCUT2D eigenvalue weighted by atomic mass is 9.86. The Morgan fingerprint density at radius 2 is 1.76 bits per heavy atom. The van der Waals surface area contributed by atoms with Gasteiger partial charge in [-0.15, -0.1) is 11.3 Å². The number of nitriles is 1. The van der Waals surface area contributed by atoms with Gasteiger partial charge in [0.25, 0.3) is 5.91 Å². The Bertz CT molecular complexity index is 845. The van der Waals surface area contributed by atoms with Gasteiger partial charge in [0.15, 0.2) is 5.57 Å². The van der Waals surface area contributed by atoms with Crippen LogP contribution in [0.5, 0.6) is 0 Å². The van der Waals surface area contributed by atoms with Crippen molar-refractivity contribution in [1.29, 1.82) is 5.26 Å². The summed E-state index contributed by atoms with van der Waals surface area (Å²) in [6.07, 6.45) is 0. The molecule has 0 bridgehead atoms. The fourth-order valence-electron chi connectivity index (χ4n) is 2.35. The van der Waals surface area contributed by atoms with E-state index >= 15 is 0 Å². The molecule has 2 rings (SSSR count). The van der Waals surface area contributed by atoms with Crippen LogP contribution in [0.25, 0.3) is 10.4 Å². The van der Waals surface area contributed by atoms with E-state index in [0.717, 1.165) is 10.4 Å². The van der Waals surface area contributed by atoms with E-state index in [2.05, 4.69) is 45.0 Å². The number of nitrogens with zero attached hydrogens (tertiary/aromatic N) is 2. The van der Waals surface area contributed by atoms with Crippen molar-refractivity contribution in [3.05, 3.63) is 53.3 Å². The highest BCUT2D eigenvalue weighted by atomic mass is 32.1. The highest BCUT2D eigenvalue weighted by Gasteiger charge is 2.20. The van der Waals surface area contributed by atoms with Crippen molar-refractivity contribution < 1.29 is 9.90 Å². The monoisotopic (exact) mass is 354 g/mol. The summed E-state index contributed by atoms with van der Waals surface area (Å²) in [5.74, 6) is -0.784. The van der Waals surface area contributed by atoms with Crippen LogP contribution in [-0.4, -0.2) is 18.1 Å². The number of allylic oxidation sites excluding steroid dienone is 1. The van der Waals surface area contributed by atoms with Gasteiger partial charge in [0.1, 0.15) is 11.8 Å².